The number of hydrogen-bond donors (Lipinski definition) is 3. The number of nitrogens with one attached hydrogen (secondary N) is 2. The van der Waals surface area contributed by atoms with E-state index >= 15 is 0 Å². The summed E-state index contributed by atoms with van der Waals surface area (Å²) in [7, 11) is 0. The Hall–Kier alpha value is -2.24. The predicted octanol–water partition coefficient (Wildman–Crippen LogP) is 1.51. The van der Waals surface area contributed by atoms with Crippen LogP contribution in [0.2, 0.25) is 0 Å². The van der Waals surface area contributed by atoms with Crippen molar-refractivity contribution in [3.63, 3.8) is 0 Å². The van der Waals surface area contributed by atoms with Crippen LogP contribution in [0.3, 0.4) is 0 Å². The van der Waals surface area contributed by atoms with Crippen LogP contribution in [0.15, 0.2) is 24.3 Å². The first-order valence-electron chi connectivity index (χ1n) is 6.93. The average Bonchev–Trinajstić information content (AvgIpc) is 2.43. The monoisotopic (exact) mass is 294 g/mol. The van der Waals surface area contributed by atoms with Crippen LogP contribution in [0, 0.1) is 5.92 Å². The maximum atomic E-state index is 11.9. The summed E-state index contributed by atoms with van der Waals surface area (Å²) in [6, 6.07) is 5.94. The van der Waals surface area contributed by atoms with E-state index in [9.17, 15) is 14.7 Å². The van der Waals surface area contributed by atoms with E-state index in [1.807, 2.05) is 13.8 Å². The molecule has 0 bridgehead atoms. The Labute approximate surface area is 124 Å². The van der Waals surface area contributed by atoms with Gasteiger partial charge in [-0.05, 0) is 25.0 Å². The van der Waals surface area contributed by atoms with Crippen molar-refractivity contribution in [2.45, 2.75) is 26.8 Å². The van der Waals surface area contributed by atoms with Crippen LogP contribution in [0.1, 0.15) is 20.8 Å². The minimum Gasteiger partial charge on any atom is -0.506 e. The molecule has 1 aromatic carbocycles. The van der Waals surface area contributed by atoms with Gasteiger partial charge in [-0.25, -0.2) is 4.79 Å². The van der Waals surface area contributed by atoms with Gasteiger partial charge in [0.25, 0.3) is 0 Å². The zero-order valence-electron chi connectivity index (χ0n) is 12.6. The first kappa shape index (κ1) is 16.8. The van der Waals surface area contributed by atoms with Crippen molar-refractivity contribution >= 4 is 17.6 Å². The molecule has 0 spiro atoms. The smallest absolute Gasteiger partial charge is 0.328 e. The summed E-state index contributed by atoms with van der Waals surface area (Å²) >= 11 is 0. The Kier molecular flexibility index (Phi) is 6.52. The molecule has 116 valence electrons. The molecule has 1 aromatic rings. The van der Waals surface area contributed by atoms with E-state index in [1.54, 1.807) is 25.1 Å². The van der Waals surface area contributed by atoms with E-state index in [4.69, 9.17) is 4.74 Å². The summed E-state index contributed by atoms with van der Waals surface area (Å²) in [4.78, 5) is 23.6. The second-order valence-corrected chi connectivity index (χ2v) is 4.91. The highest BCUT2D eigenvalue weighted by molar-refractivity contribution is 5.87. The second kappa shape index (κ2) is 8.14. The second-order valence-electron chi connectivity index (χ2n) is 4.91. The predicted molar refractivity (Wildman–Crippen MR) is 80.0 cm³/mol. The van der Waals surface area contributed by atoms with E-state index < -0.39 is 12.0 Å². The Bertz CT molecular complexity index is 488. The van der Waals surface area contributed by atoms with Gasteiger partial charge in [0.15, 0.2) is 0 Å². The van der Waals surface area contributed by atoms with Crippen molar-refractivity contribution in [2.24, 2.45) is 5.92 Å². The van der Waals surface area contributed by atoms with Gasteiger partial charge in [0, 0.05) is 0 Å². The first-order chi connectivity index (χ1) is 9.95. The van der Waals surface area contributed by atoms with Gasteiger partial charge in [0.2, 0.25) is 5.91 Å². The fourth-order valence-corrected chi connectivity index (χ4v) is 1.75. The molecule has 0 aromatic heterocycles. The number of hydrogen-bond acceptors (Lipinski definition) is 5. The van der Waals surface area contributed by atoms with Crippen LogP contribution in [0.25, 0.3) is 0 Å². The lowest BCUT2D eigenvalue weighted by Gasteiger charge is -2.20. The van der Waals surface area contributed by atoms with Crippen LogP contribution in [-0.4, -0.2) is 36.2 Å². The molecule has 6 heteroatoms. The lowest BCUT2D eigenvalue weighted by Crippen LogP contribution is -2.47. The number of rotatable bonds is 7. The third kappa shape index (κ3) is 5.33. The standard InChI is InChI=1S/C15H22N2O4/c1-4-21-15(20)14(10(2)3)17-13(19)9-16-11-7-5-6-8-12(11)18/h5-8,10,14,16,18H,4,9H2,1-3H3,(H,17,19)/t14-/m0/s1. The summed E-state index contributed by atoms with van der Waals surface area (Å²) in [6.45, 7) is 5.61. The Morgan fingerprint density at radius 2 is 1.95 bits per heavy atom. The zero-order chi connectivity index (χ0) is 15.8. The molecule has 0 aliphatic rings. The van der Waals surface area contributed by atoms with Gasteiger partial charge < -0.3 is 20.5 Å². The largest absolute Gasteiger partial charge is 0.506 e. The molecule has 1 atom stereocenters. The number of para-hydroxylation sites is 2. The van der Waals surface area contributed by atoms with Crippen LogP contribution in [0.5, 0.6) is 5.75 Å². The van der Waals surface area contributed by atoms with Crippen molar-refractivity contribution in [2.75, 3.05) is 18.5 Å². The fourth-order valence-electron chi connectivity index (χ4n) is 1.75. The maximum Gasteiger partial charge on any atom is 0.328 e. The number of esters is 1. The summed E-state index contributed by atoms with van der Waals surface area (Å²) < 4.78 is 4.93. The van der Waals surface area contributed by atoms with Crippen LogP contribution in [-0.2, 0) is 14.3 Å². The van der Waals surface area contributed by atoms with Crippen molar-refractivity contribution in [3.05, 3.63) is 24.3 Å². The number of benzene rings is 1. The summed E-state index contributed by atoms with van der Waals surface area (Å²) in [5.74, 6) is -0.789. The molecule has 0 saturated heterocycles. The Morgan fingerprint density at radius 3 is 2.52 bits per heavy atom. The molecular formula is C15H22N2O4. The molecule has 0 radical (unpaired) electrons. The molecule has 0 unspecified atom stereocenters. The van der Waals surface area contributed by atoms with Gasteiger partial charge in [-0.15, -0.1) is 0 Å². The molecule has 1 amide bonds. The van der Waals surface area contributed by atoms with Gasteiger partial charge in [-0.2, -0.15) is 0 Å². The van der Waals surface area contributed by atoms with Crippen LogP contribution < -0.4 is 10.6 Å². The number of carbonyl (C=O) groups is 2. The fraction of sp³-hybridized carbons (Fsp3) is 0.467. The summed E-state index contributed by atoms with van der Waals surface area (Å²) in [5, 5.41) is 15.0. The van der Waals surface area contributed by atoms with E-state index in [0.717, 1.165) is 0 Å². The summed E-state index contributed by atoms with van der Waals surface area (Å²) in [5.41, 5.74) is 0.463. The van der Waals surface area contributed by atoms with Crippen molar-refractivity contribution < 1.29 is 19.4 Å². The van der Waals surface area contributed by atoms with Gasteiger partial charge in [-0.1, -0.05) is 26.0 Å². The molecule has 3 N–H and O–H groups in total. The number of phenolic OH excluding ortho intramolecular Hbond substituents is 1. The van der Waals surface area contributed by atoms with Crippen molar-refractivity contribution in [1.29, 1.82) is 0 Å². The quantitative estimate of drug-likeness (QED) is 0.524. The lowest BCUT2D eigenvalue weighted by atomic mass is 10.0. The number of anilines is 1. The average molecular weight is 294 g/mol. The molecule has 6 nitrogen and oxygen atoms in total. The van der Waals surface area contributed by atoms with Gasteiger partial charge in [0.05, 0.1) is 18.8 Å². The number of phenols is 1. The number of aromatic hydroxyl groups is 1. The Balaban J connectivity index is 2.55. The SMILES string of the molecule is CCOC(=O)[C@@H](NC(=O)CNc1ccccc1O)C(C)C. The van der Waals surface area contributed by atoms with Gasteiger partial charge >= 0.3 is 5.97 Å². The molecule has 0 aliphatic carbocycles. The van der Waals surface area contributed by atoms with E-state index in [0.29, 0.717) is 5.69 Å². The lowest BCUT2D eigenvalue weighted by molar-refractivity contribution is -0.148. The minimum absolute atomic E-state index is 0.0415. The van der Waals surface area contributed by atoms with Crippen LogP contribution >= 0.6 is 0 Å². The van der Waals surface area contributed by atoms with Crippen LogP contribution in [0.4, 0.5) is 5.69 Å². The number of carbonyl (C=O) groups excluding carboxylic acids is 2. The highest BCUT2D eigenvalue weighted by Crippen LogP contribution is 2.20. The zero-order valence-corrected chi connectivity index (χ0v) is 12.6. The topological polar surface area (TPSA) is 87.7 Å². The van der Waals surface area contributed by atoms with E-state index in [2.05, 4.69) is 10.6 Å². The van der Waals surface area contributed by atoms with E-state index in [1.165, 1.54) is 6.07 Å². The highest BCUT2D eigenvalue weighted by Gasteiger charge is 2.25. The highest BCUT2D eigenvalue weighted by atomic mass is 16.5. The molecule has 0 aliphatic heterocycles. The number of ether oxygens (including phenoxy) is 1. The molecule has 0 fully saturated rings. The van der Waals surface area contributed by atoms with Gasteiger partial charge in [-0.3, -0.25) is 4.79 Å². The molecule has 21 heavy (non-hydrogen) atoms. The first-order valence-corrected chi connectivity index (χ1v) is 6.93. The molecule has 0 heterocycles. The molecule has 1 rings (SSSR count). The van der Waals surface area contributed by atoms with Crippen molar-refractivity contribution in [3.8, 4) is 5.75 Å². The normalized spacial score (nSPS) is 11.8. The van der Waals surface area contributed by atoms with E-state index in [-0.39, 0.29) is 30.7 Å². The summed E-state index contributed by atoms with van der Waals surface area (Å²) in [6.07, 6.45) is 0. The van der Waals surface area contributed by atoms with Crippen molar-refractivity contribution in [1.82, 2.24) is 5.32 Å². The number of amides is 1. The molecular weight excluding hydrogens is 272 g/mol. The third-order valence-corrected chi connectivity index (χ3v) is 2.87. The third-order valence-electron chi connectivity index (χ3n) is 2.87. The minimum atomic E-state index is -0.677. The maximum absolute atomic E-state index is 11.9. The Morgan fingerprint density at radius 1 is 1.29 bits per heavy atom. The van der Waals surface area contributed by atoms with Gasteiger partial charge in [0.1, 0.15) is 11.8 Å². The molecule has 0 saturated carbocycles.